The molecule has 37 heavy (non-hydrogen) atoms. The molecule has 0 radical (unpaired) electrons. The van der Waals surface area contributed by atoms with Crippen LogP contribution in [-0.4, -0.2) is 38.1 Å². The monoisotopic (exact) mass is 968 g/mol. The van der Waals surface area contributed by atoms with E-state index in [-0.39, 0.29) is 75.6 Å². The van der Waals surface area contributed by atoms with Gasteiger partial charge in [-0.05, 0) is 0 Å². The molecule has 0 bridgehead atoms. The average molecular weight is 968 g/mol. The van der Waals surface area contributed by atoms with Gasteiger partial charge in [0.25, 0.3) is 0 Å². The van der Waals surface area contributed by atoms with E-state index in [1.54, 1.807) is 0 Å². The predicted octanol–water partition coefficient (Wildman–Crippen LogP) is 0.175. The van der Waals surface area contributed by atoms with Crippen LogP contribution in [0.3, 0.4) is 0 Å². The Morgan fingerprint density at radius 1 is 0.892 bits per heavy atom. The average Bonchev–Trinajstić information content (AvgIpc) is 3.75. The molecule has 2 aliphatic carbocycles. The summed E-state index contributed by atoms with van der Waals surface area (Å²) < 4.78 is 19.5. The van der Waals surface area contributed by atoms with Gasteiger partial charge in [0.1, 0.15) is 0 Å². The summed E-state index contributed by atoms with van der Waals surface area (Å²) >= 11 is 4.54. The fourth-order valence-corrected chi connectivity index (χ4v) is 13.5. The molecule has 5 unspecified atom stereocenters. The fraction of sp³-hybridized carbons (Fsp3) is 0.926. The number of hydrogen-bond acceptors (Lipinski definition) is 6. The number of esters is 2. The number of halogens is 4. The van der Waals surface area contributed by atoms with Crippen molar-refractivity contribution < 1.29 is 62.0 Å². The zero-order valence-corrected chi connectivity index (χ0v) is 31.5. The molecular formula is C27H44I4N2O4-2. The third-order valence-corrected chi connectivity index (χ3v) is 18.7. The first-order valence-electron chi connectivity index (χ1n) is 13.8. The van der Waals surface area contributed by atoms with Gasteiger partial charge < -0.3 is 0 Å². The van der Waals surface area contributed by atoms with Crippen molar-refractivity contribution >= 4 is 57.1 Å². The minimum absolute atomic E-state index is 0.00519. The Kier molecular flexibility index (Phi) is 10.4. The first-order chi connectivity index (χ1) is 17.2. The van der Waals surface area contributed by atoms with Crippen molar-refractivity contribution in [2.45, 2.75) is 138 Å². The van der Waals surface area contributed by atoms with Crippen LogP contribution in [0.15, 0.2) is 0 Å². The number of hydrogen-bond donors (Lipinski definition) is 2. The van der Waals surface area contributed by atoms with Crippen molar-refractivity contribution in [3.8, 4) is 0 Å². The van der Waals surface area contributed by atoms with E-state index in [1.165, 1.54) is 6.42 Å². The molecule has 4 rings (SSSR count). The fourth-order valence-electron chi connectivity index (χ4n) is 6.06. The van der Waals surface area contributed by atoms with Gasteiger partial charge in [-0.1, -0.05) is 0 Å². The topological polar surface area (TPSA) is 96.5 Å². The Bertz CT molecular complexity index is 844. The van der Waals surface area contributed by atoms with Gasteiger partial charge >= 0.3 is 275 Å². The van der Waals surface area contributed by atoms with Crippen molar-refractivity contribution in [1.82, 2.24) is 7.06 Å². The van der Waals surface area contributed by atoms with E-state index in [4.69, 9.17) is 9.47 Å². The van der Waals surface area contributed by atoms with Gasteiger partial charge in [-0.15, -0.1) is 0 Å². The molecule has 2 saturated heterocycles. The van der Waals surface area contributed by atoms with Gasteiger partial charge in [-0.25, -0.2) is 0 Å². The molecule has 2 saturated carbocycles. The number of nitrogens with one attached hydrogen (secondary N) is 2. The van der Waals surface area contributed by atoms with Crippen LogP contribution in [-0.2, 0) is 19.1 Å². The zero-order chi connectivity index (χ0) is 27.1. The normalized spacial score (nSPS) is 30.9. The van der Waals surface area contributed by atoms with Crippen LogP contribution >= 0.6 is 45.2 Å². The zero-order valence-electron chi connectivity index (χ0n) is 22.9. The van der Waals surface area contributed by atoms with Crippen LogP contribution in [0.1, 0.15) is 112 Å². The number of alkyl halides is 4. The summed E-state index contributed by atoms with van der Waals surface area (Å²) in [4.78, 5) is 27.1. The third-order valence-electron chi connectivity index (χ3n) is 8.93. The first-order valence-corrected chi connectivity index (χ1v) is 20.6. The molecule has 216 valence electrons. The van der Waals surface area contributed by atoms with Gasteiger partial charge in [0.2, 0.25) is 0 Å². The first kappa shape index (κ1) is 31.7. The molecule has 2 N–H and O–H groups in total. The molecule has 4 fully saturated rings. The van der Waals surface area contributed by atoms with Gasteiger partial charge in [0.05, 0.1) is 0 Å². The molecular weight excluding hydrogens is 924 g/mol. The maximum atomic E-state index is 13.9. The molecule has 2 heterocycles. The predicted molar refractivity (Wildman–Crippen MR) is 155 cm³/mol. The van der Waals surface area contributed by atoms with E-state index in [0.29, 0.717) is 9.97 Å². The van der Waals surface area contributed by atoms with Gasteiger partial charge in [0, 0.05) is 0 Å². The maximum absolute atomic E-state index is 13.9. The van der Waals surface area contributed by atoms with Crippen molar-refractivity contribution in [1.29, 1.82) is 0 Å². The van der Waals surface area contributed by atoms with E-state index in [2.05, 4.69) is 79.9 Å². The van der Waals surface area contributed by atoms with Crippen LogP contribution in [0.5, 0.6) is 0 Å². The molecule has 0 aromatic carbocycles. The number of rotatable bonds is 11. The van der Waals surface area contributed by atoms with Gasteiger partial charge in [0.15, 0.2) is 0 Å². The summed E-state index contributed by atoms with van der Waals surface area (Å²) in [6.07, 6.45) is 12.3. The van der Waals surface area contributed by atoms with Crippen LogP contribution in [0.4, 0.5) is 0 Å². The number of carbonyl (C=O) groups is 2. The van der Waals surface area contributed by atoms with Crippen LogP contribution in [0.25, 0.3) is 0 Å². The Hall–Kier alpha value is 1.78. The van der Waals surface area contributed by atoms with Gasteiger partial charge in [-0.3, -0.25) is 0 Å². The van der Waals surface area contributed by atoms with Gasteiger partial charge in [-0.2, -0.15) is 0 Å². The van der Waals surface area contributed by atoms with Crippen molar-refractivity contribution in [2.24, 2.45) is 11.3 Å². The quantitative estimate of drug-likeness (QED) is 0.0768. The molecule has 10 heteroatoms. The van der Waals surface area contributed by atoms with E-state index in [0.717, 1.165) is 70.6 Å². The van der Waals surface area contributed by atoms with Crippen molar-refractivity contribution in [2.75, 3.05) is 0 Å². The second-order valence-electron chi connectivity index (χ2n) is 12.9. The molecule has 5 atom stereocenters. The van der Waals surface area contributed by atoms with Crippen LogP contribution in [0, 0.1) is 11.3 Å². The molecule has 6 nitrogen and oxygen atoms in total. The molecule has 4 aliphatic rings. The molecule has 0 spiro atoms. The summed E-state index contributed by atoms with van der Waals surface area (Å²) in [7, 11) is 0. The minimum atomic E-state index is -0.512. The molecule has 0 aromatic rings. The van der Waals surface area contributed by atoms with Crippen molar-refractivity contribution in [3.63, 3.8) is 0 Å². The van der Waals surface area contributed by atoms with Crippen molar-refractivity contribution in [3.05, 3.63) is 0 Å². The SMILES string of the molecule is CC(CCC1(OC(=O)C(C)(I)C2N[I-]2)CCCC1)CC(I)(C(=O)OC1(C(C)(C)C)CCCCC1)C1N[I-]1. The summed E-state index contributed by atoms with van der Waals surface area (Å²) in [6.45, 7) is 11.0. The van der Waals surface area contributed by atoms with E-state index >= 15 is 0 Å². The Morgan fingerprint density at radius 2 is 1.43 bits per heavy atom. The standard InChI is InChI=1S/C27H44I4N2O4/c1-18(11-16-25(12-9-10-13-25)36-21(34)24(5,28)19-30-32-19)17-27(29,20-31-33-20)22(35)37-26(23(2,3)4)14-7-6-8-15-26/h18-20,32-33H,6-17H2,1-5H3/q-2. The molecule has 2 aliphatic heterocycles. The summed E-state index contributed by atoms with van der Waals surface area (Å²) in [5.74, 6) is 0.302. The van der Waals surface area contributed by atoms with Crippen LogP contribution < -0.4 is 50.0 Å². The molecule has 0 aromatic heterocycles. The van der Waals surface area contributed by atoms with E-state index in [1.807, 2.05) is 6.92 Å². The number of carbonyl (C=O) groups excluding carboxylic acids is 2. The third kappa shape index (κ3) is 7.41. The number of ether oxygens (including phenoxy) is 2. The second-order valence-corrected chi connectivity index (χ2v) is 22.1. The Labute approximate surface area is 272 Å². The Balaban J connectivity index is 1.40. The second kappa shape index (κ2) is 12.2. The summed E-state index contributed by atoms with van der Waals surface area (Å²) in [5, 5.41) is 0. The summed E-state index contributed by atoms with van der Waals surface area (Å²) in [6, 6.07) is 0. The molecule has 0 amide bonds. The van der Waals surface area contributed by atoms with E-state index in [9.17, 15) is 9.59 Å². The van der Waals surface area contributed by atoms with Crippen LogP contribution in [0.2, 0.25) is 0 Å². The Morgan fingerprint density at radius 3 is 1.95 bits per heavy atom. The van der Waals surface area contributed by atoms with E-state index < -0.39 is 6.84 Å². The summed E-state index contributed by atoms with van der Waals surface area (Å²) in [5.41, 5.74) is -0.757.